The van der Waals surface area contributed by atoms with Crippen LogP contribution in [0, 0.1) is 0 Å². The van der Waals surface area contributed by atoms with Crippen molar-refractivity contribution in [3.8, 4) is 0 Å². The van der Waals surface area contributed by atoms with Gasteiger partial charge >= 0.3 is 0 Å². The van der Waals surface area contributed by atoms with E-state index in [0.29, 0.717) is 12.5 Å². The third-order valence-electron chi connectivity index (χ3n) is 4.50. The lowest BCUT2D eigenvalue weighted by Crippen LogP contribution is -2.05. The summed E-state index contributed by atoms with van der Waals surface area (Å²) in [6, 6.07) is 17.9. The second kappa shape index (κ2) is 6.57. The summed E-state index contributed by atoms with van der Waals surface area (Å²) in [4.78, 5) is 13.7. The first-order valence-corrected chi connectivity index (χ1v) is 8.81. The molecule has 6 nitrogen and oxygen atoms in total. The number of anilines is 3. The predicted molar refractivity (Wildman–Crippen MR) is 107 cm³/mol. The quantitative estimate of drug-likeness (QED) is 0.536. The minimum atomic E-state index is 0.539. The van der Waals surface area contributed by atoms with E-state index in [9.17, 15) is 0 Å². The second-order valence-electron chi connectivity index (χ2n) is 6.33. The van der Waals surface area contributed by atoms with Crippen LogP contribution in [0.25, 0.3) is 10.9 Å². The number of nitrogens with zero attached hydrogens (tertiary/aromatic N) is 3. The molecule has 2 aromatic heterocycles. The molecule has 1 aliphatic rings. The summed E-state index contributed by atoms with van der Waals surface area (Å²) in [6.07, 6.45) is 4.49. The summed E-state index contributed by atoms with van der Waals surface area (Å²) in [5, 5.41) is 7.62. The van der Waals surface area contributed by atoms with Crippen molar-refractivity contribution in [1.82, 2.24) is 9.97 Å². The Morgan fingerprint density at radius 2 is 1.96 bits per heavy atom. The summed E-state index contributed by atoms with van der Waals surface area (Å²) in [6.45, 7) is 0.557. The number of fused-ring (bicyclic) bond motifs is 2. The van der Waals surface area contributed by atoms with Crippen LogP contribution < -0.4 is 10.6 Å². The highest BCUT2D eigenvalue weighted by Crippen LogP contribution is 2.29. The Balaban J connectivity index is 1.47. The van der Waals surface area contributed by atoms with Crippen LogP contribution in [0.15, 0.2) is 70.3 Å². The van der Waals surface area contributed by atoms with Crippen molar-refractivity contribution in [2.75, 3.05) is 10.6 Å². The van der Waals surface area contributed by atoms with E-state index in [2.05, 4.69) is 31.7 Å². The van der Waals surface area contributed by atoms with Crippen LogP contribution in [0.1, 0.15) is 11.3 Å². The average molecular weight is 355 g/mol. The van der Waals surface area contributed by atoms with Gasteiger partial charge in [-0.05, 0) is 42.0 Å². The zero-order valence-corrected chi connectivity index (χ0v) is 14.5. The molecule has 0 atom stereocenters. The normalized spacial score (nSPS) is 12.3. The Morgan fingerprint density at radius 3 is 2.89 bits per heavy atom. The zero-order valence-electron chi connectivity index (χ0n) is 14.5. The standard InChI is InChI=1S/C21H17N5O/c1-2-6-18-17(5-1)20(23-13-16-4-3-11-27-16)26-21(25-18)24-15-8-7-14-9-10-22-19(14)12-15/h1-8,10-12H,9,13H2,(H2,23,24,25,26). The van der Waals surface area contributed by atoms with Crippen LogP contribution in [0.5, 0.6) is 0 Å². The van der Waals surface area contributed by atoms with Crippen molar-refractivity contribution >= 4 is 40.3 Å². The first kappa shape index (κ1) is 15.6. The molecule has 0 amide bonds. The lowest BCUT2D eigenvalue weighted by atomic mass is 10.1. The van der Waals surface area contributed by atoms with E-state index in [0.717, 1.165) is 40.3 Å². The molecule has 0 spiro atoms. The van der Waals surface area contributed by atoms with Crippen LogP contribution in [0.4, 0.5) is 23.1 Å². The molecule has 5 rings (SSSR count). The first-order valence-electron chi connectivity index (χ1n) is 8.81. The molecule has 0 saturated heterocycles. The van der Waals surface area contributed by atoms with Gasteiger partial charge in [0.15, 0.2) is 0 Å². The number of rotatable bonds is 5. The minimum Gasteiger partial charge on any atom is -0.467 e. The van der Waals surface area contributed by atoms with Crippen LogP contribution >= 0.6 is 0 Å². The van der Waals surface area contributed by atoms with E-state index >= 15 is 0 Å². The molecule has 2 aromatic carbocycles. The van der Waals surface area contributed by atoms with E-state index in [-0.39, 0.29) is 0 Å². The van der Waals surface area contributed by atoms with Gasteiger partial charge in [0.1, 0.15) is 11.6 Å². The summed E-state index contributed by atoms with van der Waals surface area (Å²) in [7, 11) is 0. The molecule has 0 radical (unpaired) electrons. The fraction of sp³-hybridized carbons (Fsp3) is 0.0952. The maximum Gasteiger partial charge on any atom is 0.229 e. The number of hydrogen-bond donors (Lipinski definition) is 2. The second-order valence-corrected chi connectivity index (χ2v) is 6.33. The Morgan fingerprint density at radius 1 is 1.00 bits per heavy atom. The largest absolute Gasteiger partial charge is 0.467 e. The molecule has 2 N–H and O–H groups in total. The van der Waals surface area contributed by atoms with Gasteiger partial charge in [-0.25, -0.2) is 4.98 Å². The Hall–Kier alpha value is -3.67. The van der Waals surface area contributed by atoms with Crippen molar-refractivity contribution in [1.29, 1.82) is 0 Å². The highest BCUT2D eigenvalue weighted by molar-refractivity contribution is 5.90. The van der Waals surface area contributed by atoms with Crippen molar-refractivity contribution < 1.29 is 4.42 Å². The molecular weight excluding hydrogens is 338 g/mol. The van der Waals surface area contributed by atoms with E-state index in [1.807, 2.05) is 54.7 Å². The molecule has 0 aliphatic carbocycles. The minimum absolute atomic E-state index is 0.539. The van der Waals surface area contributed by atoms with Gasteiger partial charge in [-0.1, -0.05) is 18.2 Å². The first-order chi connectivity index (χ1) is 13.3. The fourth-order valence-corrected chi connectivity index (χ4v) is 3.16. The summed E-state index contributed by atoms with van der Waals surface area (Å²) >= 11 is 0. The van der Waals surface area contributed by atoms with Crippen LogP contribution in [0.3, 0.4) is 0 Å². The molecule has 0 bridgehead atoms. The Kier molecular flexibility index (Phi) is 3.79. The van der Waals surface area contributed by atoms with Crippen molar-refractivity contribution in [2.45, 2.75) is 13.0 Å². The molecule has 132 valence electrons. The molecular formula is C21H17N5O. The highest BCUT2D eigenvalue weighted by Gasteiger charge is 2.11. The van der Waals surface area contributed by atoms with Gasteiger partial charge in [0.2, 0.25) is 5.95 Å². The zero-order chi connectivity index (χ0) is 18.1. The molecule has 0 saturated carbocycles. The Labute approximate surface area is 156 Å². The molecule has 0 fully saturated rings. The summed E-state index contributed by atoms with van der Waals surface area (Å²) < 4.78 is 5.40. The number of para-hydroxylation sites is 1. The molecule has 3 heterocycles. The lowest BCUT2D eigenvalue weighted by molar-refractivity contribution is 0.518. The fourth-order valence-electron chi connectivity index (χ4n) is 3.16. The van der Waals surface area contributed by atoms with Crippen LogP contribution in [0.2, 0.25) is 0 Å². The van der Waals surface area contributed by atoms with Crippen molar-refractivity contribution in [3.63, 3.8) is 0 Å². The number of furan rings is 1. The lowest BCUT2D eigenvalue weighted by Gasteiger charge is -2.12. The number of benzene rings is 2. The van der Waals surface area contributed by atoms with Crippen molar-refractivity contribution in [3.05, 3.63) is 72.2 Å². The number of nitrogens with one attached hydrogen (secondary N) is 2. The van der Waals surface area contributed by atoms with E-state index in [1.54, 1.807) is 6.26 Å². The van der Waals surface area contributed by atoms with Gasteiger partial charge in [0.05, 0.1) is 24.0 Å². The topological polar surface area (TPSA) is 75.3 Å². The number of hydrogen-bond acceptors (Lipinski definition) is 6. The molecule has 6 heteroatoms. The van der Waals surface area contributed by atoms with Gasteiger partial charge in [0.25, 0.3) is 0 Å². The maximum absolute atomic E-state index is 5.40. The predicted octanol–water partition coefficient (Wildman–Crippen LogP) is 4.84. The smallest absolute Gasteiger partial charge is 0.229 e. The monoisotopic (exact) mass is 355 g/mol. The Bertz CT molecular complexity index is 1130. The van der Waals surface area contributed by atoms with Gasteiger partial charge in [-0.2, -0.15) is 4.98 Å². The summed E-state index contributed by atoms with van der Waals surface area (Å²) in [5.74, 6) is 2.15. The summed E-state index contributed by atoms with van der Waals surface area (Å²) in [5.41, 5.74) is 4.02. The molecule has 27 heavy (non-hydrogen) atoms. The van der Waals surface area contributed by atoms with Gasteiger partial charge in [-0.15, -0.1) is 0 Å². The van der Waals surface area contributed by atoms with Crippen LogP contribution in [-0.2, 0) is 13.0 Å². The number of aromatic nitrogens is 2. The van der Waals surface area contributed by atoms with Gasteiger partial charge in [-0.3, -0.25) is 4.99 Å². The van der Waals surface area contributed by atoms with Crippen molar-refractivity contribution in [2.24, 2.45) is 4.99 Å². The third-order valence-corrected chi connectivity index (χ3v) is 4.50. The highest BCUT2D eigenvalue weighted by atomic mass is 16.3. The van der Waals surface area contributed by atoms with E-state index in [1.165, 1.54) is 5.56 Å². The van der Waals surface area contributed by atoms with Gasteiger partial charge < -0.3 is 15.1 Å². The van der Waals surface area contributed by atoms with E-state index in [4.69, 9.17) is 4.42 Å². The molecule has 1 aliphatic heterocycles. The third kappa shape index (κ3) is 3.13. The molecule has 0 unspecified atom stereocenters. The maximum atomic E-state index is 5.40. The SMILES string of the molecule is C1=Nc2cc(Nc3nc(NCc4ccco4)c4ccccc4n3)ccc2C1. The van der Waals surface area contributed by atoms with Gasteiger partial charge in [0, 0.05) is 23.7 Å². The molecule has 4 aromatic rings. The number of aliphatic imine (C=N–C) groups is 1. The van der Waals surface area contributed by atoms with E-state index < -0.39 is 0 Å². The van der Waals surface area contributed by atoms with Crippen LogP contribution in [-0.4, -0.2) is 16.2 Å². The average Bonchev–Trinajstić information content (AvgIpc) is 3.37.